The molecule has 0 amide bonds. The van der Waals surface area contributed by atoms with Gasteiger partial charge < -0.3 is 4.74 Å². The Hall–Kier alpha value is -4.31. The van der Waals surface area contributed by atoms with Crippen molar-refractivity contribution < 1.29 is 35.5 Å². The van der Waals surface area contributed by atoms with E-state index in [4.69, 9.17) is 4.74 Å². The molecule has 228 valence electrons. The fourth-order valence-electron chi connectivity index (χ4n) is 4.91. The van der Waals surface area contributed by atoms with E-state index in [2.05, 4.69) is 16.9 Å². The van der Waals surface area contributed by atoms with Gasteiger partial charge in [0.15, 0.2) is 23.3 Å². The highest BCUT2D eigenvalue weighted by atomic mass is 19.3. The zero-order valence-corrected chi connectivity index (χ0v) is 23.6. The largest absolute Gasteiger partial charge is 0.386 e. The van der Waals surface area contributed by atoms with Crippen LogP contribution in [0, 0.1) is 23.3 Å². The fraction of sp³-hybridized carbons (Fsp3) is 0.235. The molecule has 1 aromatic heterocycles. The minimum Gasteiger partial charge on any atom is -0.308 e. The summed E-state index contributed by atoms with van der Waals surface area (Å²) in [6.45, 7) is 2.10. The molecule has 3 aromatic carbocycles. The van der Waals surface area contributed by atoms with Gasteiger partial charge in [-0.05, 0) is 71.9 Å². The second-order valence-corrected chi connectivity index (χ2v) is 10.4. The van der Waals surface area contributed by atoms with Crippen LogP contribution >= 0.6 is 0 Å². The van der Waals surface area contributed by atoms with Gasteiger partial charge in [-0.1, -0.05) is 56.2 Å². The van der Waals surface area contributed by atoms with Gasteiger partial charge in [-0.25, -0.2) is 31.9 Å². The van der Waals surface area contributed by atoms with Crippen LogP contribution < -0.4 is 0 Å². The van der Waals surface area contributed by atoms with Gasteiger partial charge in [-0.3, -0.25) is 0 Å². The van der Waals surface area contributed by atoms with E-state index in [1.807, 2.05) is 0 Å². The van der Waals surface area contributed by atoms with Crippen molar-refractivity contribution >= 4 is 5.57 Å². The highest BCUT2D eigenvalue weighted by molar-refractivity contribution is 5.79. The number of hydrogen-bond donors (Lipinski definition) is 0. The van der Waals surface area contributed by atoms with E-state index in [9.17, 15) is 17.6 Å². The van der Waals surface area contributed by atoms with Crippen molar-refractivity contribution in [3.63, 3.8) is 0 Å². The first-order valence-corrected chi connectivity index (χ1v) is 14.1. The quantitative estimate of drug-likeness (QED) is 0.102. The van der Waals surface area contributed by atoms with Crippen LogP contribution in [0.25, 0.3) is 28.1 Å². The molecule has 1 heterocycles. The molecule has 0 saturated heterocycles. The third-order valence-electron chi connectivity index (χ3n) is 7.27. The number of aromatic nitrogens is 2. The Kier molecular flexibility index (Phi) is 9.29. The van der Waals surface area contributed by atoms with Gasteiger partial charge in [-0.15, -0.1) is 0 Å². The van der Waals surface area contributed by atoms with Crippen LogP contribution in [0.1, 0.15) is 49.3 Å². The molecule has 10 heteroatoms. The molecule has 0 N–H and O–H groups in total. The second-order valence-electron chi connectivity index (χ2n) is 10.4. The van der Waals surface area contributed by atoms with E-state index in [1.165, 1.54) is 36.4 Å². The molecule has 1 aliphatic carbocycles. The number of benzene rings is 3. The van der Waals surface area contributed by atoms with Gasteiger partial charge in [0.05, 0.1) is 11.7 Å². The van der Waals surface area contributed by atoms with E-state index in [-0.39, 0.29) is 28.9 Å². The Morgan fingerprint density at radius 1 is 0.773 bits per heavy atom. The zero-order valence-electron chi connectivity index (χ0n) is 23.6. The van der Waals surface area contributed by atoms with E-state index in [0.29, 0.717) is 11.1 Å². The van der Waals surface area contributed by atoms with Gasteiger partial charge in [0.1, 0.15) is 11.6 Å². The molecule has 0 radical (unpaired) electrons. The highest BCUT2D eigenvalue weighted by Crippen LogP contribution is 2.38. The van der Waals surface area contributed by atoms with E-state index in [1.54, 1.807) is 12.4 Å². The van der Waals surface area contributed by atoms with Crippen molar-refractivity contribution in [2.24, 2.45) is 0 Å². The molecule has 0 bridgehead atoms. The maximum Gasteiger partial charge on any atom is 0.386 e. The van der Waals surface area contributed by atoms with Gasteiger partial charge in [0.25, 0.3) is 0 Å². The Balaban J connectivity index is 1.25. The smallest absolute Gasteiger partial charge is 0.308 e. The number of alkyl halides is 2. The lowest BCUT2D eigenvalue weighted by molar-refractivity contribution is -0.265. The summed E-state index contributed by atoms with van der Waals surface area (Å²) in [5, 5.41) is 0. The number of rotatable bonds is 10. The van der Waals surface area contributed by atoms with E-state index < -0.39 is 46.9 Å². The van der Waals surface area contributed by atoms with Crippen LogP contribution in [-0.2, 0) is 17.3 Å². The predicted octanol–water partition coefficient (Wildman–Crippen LogP) is 9.87. The molecule has 0 unspecified atom stereocenters. The average Bonchev–Trinajstić information content (AvgIpc) is 3.00. The van der Waals surface area contributed by atoms with Crippen molar-refractivity contribution in [2.45, 2.75) is 51.2 Å². The normalized spacial score (nSPS) is 15.2. The maximum atomic E-state index is 15.0. The molecule has 0 saturated carbocycles. The van der Waals surface area contributed by atoms with Gasteiger partial charge in [0, 0.05) is 23.5 Å². The Bertz CT molecular complexity index is 1680. The first kappa shape index (κ1) is 31.1. The first-order chi connectivity index (χ1) is 21.1. The predicted molar refractivity (Wildman–Crippen MR) is 153 cm³/mol. The number of hydrogen-bond acceptors (Lipinski definition) is 3. The summed E-state index contributed by atoms with van der Waals surface area (Å²) in [5.41, 5.74) is 1.05. The summed E-state index contributed by atoms with van der Waals surface area (Å²) >= 11 is 0. The van der Waals surface area contributed by atoms with Crippen LogP contribution in [0.3, 0.4) is 0 Å². The van der Waals surface area contributed by atoms with Gasteiger partial charge in [-0.2, -0.15) is 8.78 Å². The second kappa shape index (κ2) is 13.1. The monoisotopic (exact) mass is 612 g/mol. The molecular formula is C34H27F7N2O. The number of nitrogens with zero attached hydrogens (tertiary/aromatic N) is 2. The lowest BCUT2D eigenvalue weighted by atomic mass is 9.95. The number of ether oxygens (including phenoxy) is 1. The topological polar surface area (TPSA) is 35.0 Å². The summed E-state index contributed by atoms with van der Waals surface area (Å²) in [6, 6.07) is 10.6. The van der Waals surface area contributed by atoms with Crippen molar-refractivity contribution in [3.05, 3.63) is 125 Å². The minimum absolute atomic E-state index is 0.0841. The Morgan fingerprint density at radius 2 is 1.39 bits per heavy atom. The minimum atomic E-state index is -4.07. The molecule has 44 heavy (non-hydrogen) atoms. The molecule has 3 nitrogen and oxygen atoms in total. The Morgan fingerprint density at radius 3 is 2.00 bits per heavy atom. The third kappa shape index (κ3) is 6.91. The zero-order chi connectivity index (χ0) is 31.4. The number of aryl methyl sites for hydroxylation is 1. The summed E-state index contributed by atoms with van der Waals surface area (Å²) in [6.07, 6.45) is 3.88. The molecule has 0 spiro atoms. The van der Waals surface area contributed by atoms with Crippen LogP contribution in [0.5, 0.6) is 0 Å². The van der Waals surface area contributed by atoms with Crippen LogP contribution in [0.2, 0.25) is 0 Å². The summed E-state index contributed by atoms with van der Waals surface area (Å²) in [7, 11) is 0. The lowest BCUT2D eigenvalue weighted by Gasteiger charge is -2.25. The van der Waals surface area contributed by atoms with Gasteiger partial charge in [0.2, 0.25) is 0 Å². The third-order valence-corrected chi connectivity index (χ3v) is 7.27. The van der Waals surface area contributed by atoms with Crippen molar-refractivity contribution in [2.75, 3.05) is 0 Å². The molecule has 0 fully saturated rings. The maximum absolute atomic E-state index is 15.0. The van der Waals surface area contributed by atoms with Crippen LogP contribution in [-0.4, -0.2) is 16.1 Å². The standard InChI is InChI=1S/C34H27F7N2O/c1-2-3-4-5-20-18-42-33(43-19-20)23-10-13-27(29(36)14-23)34(40,41)44-25-11-12-26(28(35)17-25)22-8-6-21(7-9-22)24-15-30(37)32(39)31(38)16-24/h6-10,12-19,25H,2-5,11H2,1H3/t25-/m1/s1. The molecule has 4 aromatic rings. The summed E-state index contributed by atoms with van der Waals surface area (Å²) < 4.78 is 105. The summed E-state index contributed by atoms with van der Waals surface area (Å²) in [5.74, 6) is -6.14. The SMILES string of the molecule is CCCCCc1cnc(-c2ccc(C(F)(F)O[C@H]3C=C(F)C(c4ccc(-c5cc(F)c(F)c(F)c5)cc4)=CC3)c(F)c2)nc1. The number of halogens is 7. The molecule has 5 rings (SSSR count). The molecule has 1 aliphatic rings. The number of allylic oxidation sites excluding steroid dienone is 2. The van der Waals surface area contributed by atoms with Crippen molar-refractivity contribution in [1.82, 2.24) is 9.97 Å². The van der Waals surface area contributed by atoms with E-state index in [0.717, 1.165) is 61.6 Å². The molecule has 0 aliphatic heterocycles. The molecular weight excluding hydrogens is 585 g/mol. The van der Waals surface area contributed by atoms with Gasteiger partial charge >= 0.3 is 6.11 Å². The van der Waals surface area contributed by atoms with Crippen molar-refractivity contribution in [3.8, 4) is 22.5 Å². The number of unbranched alkanes of at least 4 members (excludes halogenated alkanes) is 2. The Labute approximate surface area is 249 Å². The average molecular weight is 613 g/mol. The van der Waals surface area contributed by atoms with Crippen LogP contribution in [0.15, 0.2) is 85.0 Å². The lowest BCUT2D eigenvalue weighted by Crippen LogP contribution is -2.27. The van der Waals surface area contributed by atoms with E-state index >= 15 is 13.2 Å². The first-order valence-electron chi connectivity index (χ1n) is 14.1. The highest BCUT2D eigenvalue weighted by Gasteiger charge is 2.39. The fourth-order valence-corrected chi connectivity index (χ4v) is 4.91. The van der Waals surface area contributed by atoms with Crippen LogP contribution in [0.4, 0.5) is 30.7 Å². The van der Waals surface area contributed by atoms with Crippen molar-refractivity contribution in [1.29, 1.82) is 0 Å². The summed E-state index contributed by atoms with van der Waals surface area (Å²) in [4.78, 5) is 8.46. The molecule has 1 atom stereocenters.